The number of alkyl halides is 2. The van der Waals surface area contributed by atoms with Gasteiger partial charge in [-0.3, -0.25) is 14.4 Å². The largest absolute Gasteiger partial charge is 0.444 e. The summed E-state index contributed by atoms with van der Waals surface area (Å²) in [6.07, 6.45) is -1.03. The van der Waals surface area contributed by atoms with Crippen molar-refractivity contribution < 1.29 is 32.7 Å². The third-order valence-electron chi connectivity index (χ3n) is 4.66. The zero-order valence-electron chi connectivity index (χ0n) is 20.5. The molecule has 1 aromatic carbocycles. The van der Waals surface area contributed by atoms with E-state index in [9.17, 15) is 28.0 Å². The number of halogens is 2. The zero-order chi connectivity index (χ0) is 26.1. The quantitative estimate of drug-likeness (QED) is 0.419. The van der Waals surface area contributed by atoms with Gasteiger partial charge in [-0.15, -0.1) is 0 Å². The van der Waals surface area contributed by atoms with Crippen molar-refractivity contribution in [2.24, 2.45) is 11.8 Å². The van der Waals surface area contributed by atoms with E-state index >= 15 is 0 Å². The maximum atomic E-state index is 14.6. The minimum atomic E-state index is -3.97. The van der Waals surface area contributed by atoms with Crippen LogP contribution in [0.1, 0.15) is 53.5 Å². The first-order chi connectivity index (χ1) is 15.6. The maximum Gasteiger partial charge on any atom is 0.408 e. The van der Waals surface area contributed by atoms with Gasteiger partial charge in [0.05, 0.1) is 12.6 Å². The van der Waals surface area contributed by atoms with Gasteiger partial charge in [-0.05, 0) is 45.6 Å². The van der Waals surface area contributed by atoms with Crippen molar-refractivity contribution in [1.82, 2.24) is 16.0 Å². The molecular weight excluding hydrogens is 448 g/mol. The fourth-order valence-electron chi connectivity index (χ4n) is 2.90. The lowest BCUT2D eigenvalue weighted by molar-refractivity contribution is -0.146. The lowest BCUT2D eigenvalue weighted by atomic mass is 9.96. The van der Waals surface area contributed by atoms with Gasteiger partial charge in [-0.2, -0.15) is 8.78 Å². The van der Waals surface area contributed by atoms with E-state index in [-0.39, 0.29) is 18.9 Å². The predicted molar refractivity (Wildman–Crippen MR) is 123 cm³/mol. The van der Waals surface area contributed by atoms with E-state index in [4.69, 9.17) is 4.74 Å². The molecule has 34 heavy (non-hydrogen) atoms. The van der Waals surface area contributed by atoms with Gasteiger partial charge in [0, 0.05) is 6.54 Å². The Balaban J connectivity index is 2.71. The van der Waals surface area contributed by atoms with Crippen LogP contribution in [0.3, 0.4) is 0 Å². The van der Waals surface area contributed by atoms with Crippen LogP contribution in [0, 0.1) is 11.8 Å². The van der Waals surface area contributed by atoms with E-state index in [1.54, 1.807) is 58.9 Å². The Morgan fingerprint density at radius 3 is 2.03 bits per heavy atom. The van der Waals surface area contributed by atoms with Gasteiger partial charge in [0.15, 0.2) is 0 Å². The number of rotatable bonds is 11. The molecule has 8 nitrogen and oxygen atoms in total. The molecule has 0 saturated carbocycles. The molecule has 2 atom stereocenters. The molecule has 10 heteroatoms. The summed E-state index contributed by atoms with van der Waals surface area (Å²) in [6, 6.07) is 7.47. The van der Waals surface area contributed by atoms with Crippen LogP contribution in [-0.4, -0.2) is 47.8 Å². The smallest absolute Gasteiger partial charge is 0.408 e. The molecule has 0 aromatic heterocycles. The van der Waals surface area contributed by atoms with Gasteiger partial charge < -0.3 is 20.7 Å². The fourth-order valence-corrected chi connectivity index (χ4v) is 2.90. The molecule has 3 amide bonds. The van der Waals surface area contributed by atoms with E-state index in [1.165, 1.54) is 6.92 Å². The van der Waals surface area contributed by atoms with Crippen molar-refractivity contribution >= 4 is 23.7 Å². The van der Waals surface area contributed by atoms with Crippen LogP contribution in [0.2, 0.25) is 0 Å². The Bertz CT molecular complexity index is 854. The number of Topliss-reactive ketones (excluding diaryl/α,β-unsaturated/α-hetero) is 1. The summed E-state index contributed by atoms with van der Waals surface area (Å²) in [5, 5.41) is 6.74. The van der Waals surface area contributed by atoms with E-state index in [1.807, 2.05) is 11.4 Å². The van der Waals surface area contributed by atoms with Crippen molar-refractivity contribution in [2.75, 3.05) is 6.54 Å². The highest BCUT2D eigenvalue weighted by Crippen LogP contribution is 2.20. The SMILES string of the molecule is CC(C)CC(NC(=O)OC(C)(C)C)C(=O)C(F)(F)CNC(=O)C(C)C(=O)NCc1ccccc1. The zero-order valence-corrected chi connectivity index (χ0v) is 20.5. The molecule has 0 spiro atoms. The molecule has 0 aliphatic heterocycles. The first-order valence-electron chi connectivity index (χ1n) is 11.1. The normalized spacial score (nSPS) is 13.6. The summed E-state index contributed by atoms with van der Waals surface area (Å²) in [7, 11) is 0. The van der Waals surface area contributed by atoms with Gasteiger partial charge in [-0.1, -0.05) is 44.2 Å². The minimum absolute atomic E-state index is 0.0418. The van der Waals surface area contributed by atoms with Crippen LogP contribution in [-0.2, 0) is 25.7 Å². The van der Waals surface area contributed by atoms with Crippen molar-refractivity contribution in [3.8, 4) is 0 Å². The van der Waals surface area contributed by atoms with Crippen molar-refractivity contribution in [2.45, 2.75) is 72.1 Å². The lowest BCUT2D eigenvalue weighted by Gasteiger charge is -2.26. The summed E-state index contributed by atoms with van der Waals surface area (Å²) in [5.74, 6) is -8.53. The molecule has 0 heterocycles. The number of carbonyl (C=O) groups excluding carboxylic acids is 4. The minimum Gasteiger partial charge on any atom is -0.444 e. The second kappa shape index (κ2) is 12.4. The third kappa shape index (κ3) is 10.3. The van der Waals surface area contributed by atoms with Crippen LogP contribution in [0.25, 0.3) is 0 Å². The third-order valence-corrected chi connectivity index (χ3v) is 4.66. The van der Waals surface area contributed by atoms with E-state index in [0.717, 1.165) is 5.56 Å². The number of benzene rings is 1. The topological polar surface area (TPSA) is 114 Å². The van der Waals surface area contributed by atoms with Crippen LogP contribution in [0.4, 0.5) is 13.6 Å². The molecule has 0 aliphatic carbocycles. The molecule has 0 fully saturated rings. The van der Waals surface area contributed by atoms with E-state index in [0.29, 0.717) is 0 Å². The predicted octanol–water partition coefficient (Wildman–Crippen LogP) is 3.20. The number of ketones is 1. The molecule has 1 aromatic rings. The number of alkyl carbamates (subject to hydrolysis) is 1. The van der Waals surface area contributed by atoms with Gasteiger partial charge in [-0.25, -0.2) is 4.79 Å². The number of hydrogen-bond donors (Lipinski definition) is 3. The first-order valence-corrected chi connectivity index (χ1v) is 11.1. The molecule has 0 saturated heterocycles. The lowest BCUT2D eigenvalue weighted by Crippen LogP contribution is -2.54. The highest BCUT2D eigenvalue weighted by molar-refractivity contribution is 6.00. The Morgan fingerprint density at radius 2 is 1.50 bits per heavy atom. The van der Waals surface area contributed by atoms with Crippen LogP contribution in [0.15, 0.2) is 30.3 Å². The second-order valence-electron chi connectivity index (χ2n) is 9.54. The van der Waals surface area contributed by atoms with Gasteiger partial charge in [0.25, 0.3) is 0 Å². The molecule has 0 radical (unpaired) electrons. The average molecular weight is 484 g/mol. The van der Waals surface area contributed by atoms with Gasteiger partial charge in [0.1, 0.15) is 11.5 Å². The molecule has 2 unspecified atom stereocenters. The van der Waals surface area contributed by atoms with Crippen molar-refractivity contribution in [3.63, 3.8) is 0 Å². The number of amides is 3. The molecule has 1 rings (SSSR count). The summed E-state index contributed by atoms with van der Waals surface area (Å²) < 4.78 is 34.3. The highest BCUT2D eigenvalue weighted by Gasteiger charge is 2.44. The summed E-state index contributed by atoms with van der Waals surface area (Å²) >= 11 is 0. The first kappa shape index (κ1) is 29.0. The fraction of sp³-hybridized carbons (Fsp3) is 0.583. The van der Waals surface area contributed by atoms with Crippen LogP contribution in [0.5, 0.6) is 0 Å². The Kier molecular flexibility index (Phi) is 10.6. The monoisotopic (exact) mass is 483 g/mol. The maximum absolute atomic E-state index is 14.6. The standard InChI is InChI=1S/C24H35F2N3O5/c1-15(2)12-18(29-22(33)34-23(4,5)6)19(30)24(25,26)14-28-21(32)16(3)20(31)27-13-17-10-8-7-9-11-17/h7-11,15-16,18H,12-14H2,1-6H3,(H,27,31)(H,28,32)(H,29,33). The van der Waals surface area contributed by atoms with Gasteiger partial charge in [0.2, 0.25) is 17.6 Å². The average Bonchev–Trinajstić information content (AvgIpc) is 2.73. The van der Waals surface area contributed by atoms with Crippen molar-refractivity contribution in [3.05, 3.63) is 35.9 Å². The van der Waals surface area contributed by atoms with E-state index in [2.05, 4.69) is 10.6 Å². The van der Waals surface area contributed by atoms with Gasteiger partial charge >= 0.3 is 12.0 Å². The molecule has 190 valence electrons. The summed E-state index contributed by atoms with van der Waals surface area (Å²) in [6.45, 7) is 8.40. The Labute approximate surface area is 199 Å². The molecular formula is C24H35F2N3O5. The Morgan fingerprint density at radius 1 is 0.941 bits per heavy atom. The molecule has 0 bridgehead atoms. The van der Waals surface area contributed by atoms with Crippen LogP contribution >= 0.6 is 0 Å². The molecule has 0 aliphatic rings. The highest BCUT2D eigenvalue weighted by atomic mass is 19.3. The number of ether oxygens (including phenoxy) is 1. The molecule has 3 N–H and O–H groups in total. The summed E-state index contributed by atoms with van der Waals surface area (Å²) in [4.78, 5) is 49.0. The second-order valence-corrected chi connectivity index (χ2v) is 9.54. The Hall–Kier alpha value is -3.04. The number of nitrogens with one attached hydrogen (secondary N) is 3. The van der Waals surface area contributed by atoms with Crippen LogP contribution < -0.4 is 16.0 Å². The number of hydrogen-bond acceptors (Lipinski definition) is 5. The van der Waals surface area contributed by atoms with Crippen molar-refractivity contribution in [1.29, 1.82) is 0 Å². The van der Waals surface area contributed by atoms with E-state index < -0.39 is 53.7 Å². The number of carbonyl (C=O) groups is 4. The summed E-state index contributed by atoms with van der Waals surface area (Å²) in [5.41, 5.74) is -0.0577.